The van der Waals surface area contributed by atoms with Gasteiger partial charge in [-0.2, -0.15) is 5.10 Å². The number of H-pyrrole nitrogens is 2. The Morgan fingerprint density at radius 2 is 2.15 bits per heavy atom. The van der Waals surface area contributed by atoms with Crippen molar-refractivity contribution in [1.29, 1.82) is 0 Å². The number of aromatic nitrogens is 3. The summed E-state index contributed by atoms with van der Waals surface area (Å²) in [5.74, 6) is 1.24. The van der Waals surface area contributed by atoms with E-state index in [1.807, 2.05) is 0 Å². The average molecular weight is 182 g/mol. The molecule has 1 fully saturated rings. The molecular weight excluding hydrogens is 168 g/mol. The number of likely N-dealkylation sites (tertiary alicyclic amines) is 1. The molecule has 72 valence electrons. The van der Waals surface area contributed by atoms with Crippen LogP contribution in [-0.2, 0) is 0 Å². The van der Waals surface area contributed by atoms with Crippen LogP contribution in [0.25, 0.3) is 0 Å². The lowest BCUT2D eigenvalue weighted by Gasteiger charge is -2.27. The van der Waals surface area contributed by atoms with Gasteiger partial charge < -0.3 is 4.90 Å². The lowest BCUT2D eigenvalue weighted by molar-refractivity contribution is 0.251. The number of nitrogens with one attached hydrogen (secondary N) is 2. The number of nitrogens with zero attached hydrogens (tertiary/aromatic N) is 2. The van der Waals surface area contributed by atoms with Crippen molar-refractivity contribution in [3.63, 3.8) is 0 Å². The summed E-state index contributed by atoms with van der Waals surface area (Å²) in [5, 5.41) is 6.36. The SMILES string of the molecule is CN1CCC(c2n[nH]c(=O)[nH]2)CC1. The number of piperidine rings is 1. The van der Waals surface area contributed by atoms with Gasteiger partial charge in [-0.25, -0.2) is 9.89 Å². The van der Waals surface area contributed by atoms with Crippen LogP contribution < -0.4 is 5.69 Å². The molecule has 1 aromatic heterocycles. The fraction of sp³-hybridized carbons (Fsp3) is 0.750. The molecule has 0 saturated carbocycles. The van der Waals surface area contributed by atoms with Crippen molar-refractivity contribution in [2.75, 3.05) is 20.1 Å². The molecule has 0 radical (unpaired) electrons. The highest BCUT2D eigenvalue weighted by molar-refractivity contribution is 4.95. The summed E-state index contributed by atoms with van der Waals surface area (Å²) in [6, 6.07) is 0. The molecule has 1 aromatic rings. The molecule has 1 aliphatic rings. The van der Waals surface area contributed by atoms with Crippen LogP contribution in [0.5, 0.6) is 0 Å². The minimum Gasteiger partial charge on any atom is -0.306 e. The van der Waals surface area contributed by atoms with Crippen LogP contribution in [0.3, 0.4) is 0 Å². The van der Waals surface area contributed by atoms with Crippen LogP contribution in [0.15, 0.2) is 4.79 Å². The van der Waals surface area contributed by atoms with E-state index in [0.717, 1.165) is 31.8 Å². The monoisotopic (exact) mass is 182 g/mol. The van der Waals surface area contributed by atoms with Crippen molar-refractivity contribution in [2.24, 2.45) is 0 Å². The minimum atomic E-state index is -0.200. The Morgan fingerprint density at radius 1 is 1.46 bits per heavy atom. The first kappa shape index (κ1) is 8.50. The zero-order valence-corrected chi connectivity index (χ0v) is 7.71. The minimum absolute atomic E-state index is 0.200. The summed E-state index contributed by atoms with van der Waals surface area (Å²) < 4.78 is 0. The molecule has 2 N–H and O–H groups in total. The van der Waals surface area contributed by atoms with Gasteiger partial charge in [0.05, 0.1) is 0 Å². The van der Waals surface area contributed by atoms with Crippen molar-refractivity contribution >= 4 is 0 Å². The first-order valence-electron chi connectivity index (χ1n) is 4.59. The van der Waals surface area contributed by atoms with E-state index in [4.69, 9.17) is 0 Å². The van der Waals surface area contributed by atoms with Gasteiger partial charge >= 0.3 is 5.69 Å². The van der Waals surface area contributed by atoms with Gasteiger partial charge in [0.2, 0.25) is 0 Å². The van der Waals surface area contributed by atoms with E-state index >= 15 is 0 Å². The van der Waals surface area contributed by atoms with Crippen molar-refractivity contribution in [2.45, 2.75) is 18.8 Å². The molecule has 2 rings (SSSR count). The van der Waals surface area contributed by atoms with Crippen molar-refractivity contribution in [3.05, 3.63) is 16.3 Å². The number of hydrogen-bond acceptors (Lipinski definition) is 3. The molecule has 0 atom stereocenters. The van der Waals surface area contributed by atoms with Gasteiger partial charge in [-0.1, -0.05) is 0 Å². The zero-order valence-electron chi connectivity index (χ0n) is 7.71. The Labute approximate surface area is 76.2 Å². The second kappa shape index (κ2) is 3.33. The van der Waals surface area contributed by atoms with Crippen molar-refractivity contribution in [3.8, 4) is 0 Å². The van der Waals surface area contributed by atoms with Gasteiger partial charge in [-0.15, -0.1) is 0 Å². The third kappa shape index (κ3) is 1.80. The topological polar surface area (TPSA) is 64.8 Å². The molecular formula is C8H14N4O. The molecule has 0 aliphatic carbocycles. The zero-order chi connectivity index (χ0) is 9.26. The van der Waals surface area contributed by atoms with Gasteiger partial charge in [0.25, 0.3) is 0 Å². The van der Waals surface area contributed by atoms with Crippen LogP contribution >= 0.6 is 0 Å². The molecule has 5 nitrogen and oxygen atoms in total. The maximum absolute atomic E-state index is 10.8. The Hall–Kier alpha value is -1.10. The summed E-state index contributed by atoms with van der Waals surface area (Å²) >= 11 is 0. The fourth-order valence-electron chi connectivity index (χ4n) is 1.76. The highest BCUT2D eigenvalue weighted by Crippen LogP contribution is 2.23. The maximum atomic E-state index is 10.8. The number of aromatic amines is 2. The second-order valence-corrected chi connectivity index (χ2v) is 3.64. The highest BCUT2D eigenvalue weighted by atomic mass is 16.1. The summed E-state index contributed by atoms with van der Waals surface area (Å²) in [7, 11) is 2.11. The summed E-state index contributed by atoms with van der Waals surface area (Å²) in [5.41, 5.74) is -0.200. The van der Waals surface area contributed by atoms with Gasteiger partial charge in [-0.05, 0) is 33.0 Å². The third-order valence-corrected chi connectivity index (χ3v) is 2.62. The number of hydrogen-bond donors (Lipinski definition) is 2. The van der Waals surface area contributed by atoms with Gasteiger partial charge in [0, 0.05) is 5.92 Å². The second-order valence-electron chi connectivity index (χ2n) is 3.64. The predicted molar refractivity (Wildman–Crippen MR) is 48.7 cm³/mol. The van der Waals surface area contributed by atoms with E-state index in [0.29, 0.717) is 5.92 Å². The number of rotatable bonds is 1. The normalized spacial score (nSPS) is 20.7. The Morgan fingerprint density at radius 3 is 2.69 bits per heavy atom. The molecule has 13 heavy (non-hydrogen) atoms. The van der Waals surface area contributed by atoms with E-state index in [-0.39, 0.29) is 5.69 Å². The molecule has 0 aromatic carbocycles. The van der Waals surface area contributed by atoms with E-state index in [9.17, 15) is 4.79 Å². The van der Waals surface area contributed by atoms with Crippen LogP contribution in [0, 0.1) is 0 Å². The molecule has 0 amide bonds. The van der Waals surface area contributed by atoms with Crippen LogP contribution in [0.2, 0.25) is 0 Å². The van der Waals surface area contributed by atoms with E-state index < -0.39 is 0 Å². The first-order chi connectivity index (χ1) is 6.25. The van der Waals surface area contributed by atoms with Crippen LogP contribution in [-0.4, -0.2) is 40.2 Å². The Kier molecular flexibility index (Phi) is 2.18. The molecule has 0 unspecified atom stereocenters. The smallest absolute Gasteiger partial charge is 0.306 e. The molecule has 5 heteroatoms. The maximum Gasteiger partial charge on any atom is 0.340 e. The predicted octanol–water partition coefficient (Wildman–Crippen LogP) is -0.0928. The quantitative estimate of drug-likeness (QED) is 0.637. The summed E-state index contributed by atoms with van der Waals surface area (Å²) in [6.45, 7) is 2.17. The lowest BCUT2D eigenvalue weighted by Crippen LogP contribution is -2.29. The average Bonchev–Trinajstić information content (AvgIpc) is 2.53. The fourth-order valence-corrected chi connectivity index (χ4v) is 1.76. The molecule has 2 heterocycles. The Bertz CT molecular complexity index is 321. The standard InChI is InChI=1S/C8H14N4O/c1-12-4-2-6(3-5-12)7-9-8(13)11-10-7/h6H,2-5H2,1H3,(H2,9,10,11,13). The van der Waals surface area contributed by atoms with E-state index in [1.165, 1.54) is 0 Å². The molecule has 1 saturated heterocycles. The third-order valence-electron chi connectivity index (χ3n) is 2.62. The summed E-state index contributed by atoms with van der Waals surface area (Å²) in [4.78, 5) is 15.8. The molecule has 0 spiro atoms. The van der Waals surface area contributed by atoms with Gasteiger partial charge in [0.1, 0.15) is 5.82 Å². The molecule has 0 bridgehead atoms. The lowest BCUT2D eigenvalue weighted by atomic mass is 9.97. The summed E-state index contributed by atoms with van der Waals surface area (Å²) in [6.07, 6.45) is 2.16. The van der Waals surface area contributed by atoms with Gasteiger partial charge in [-0.3, -0.25) is 4.98 Å². The van der Waals surface area contributed by atoms with Crippen LogP contribution in [0.1, 0.15) is 24.6 Å². The van der Waals surface area contributed by atoms with E-state index in [1.54, 1.807) is 0 Å². The largest absolute Gasteiger partial charge is 0.340 e. The van der Waals surface area contributed by atoms with Crippen LogP contribution in [0.4, 0.5) is 0 Å². The van der Waals surface area contributed by atoms with Gasteiger partial charge in [0.15, 0.2) is 0 Å². The highest BCUT2D eigenvalue weighted by Gasteiger charge is 2.20. The first-order valence-corrected chi connectivity index (χ1v) is 4.59. The van der Waals surface area contributed by atoms with Crippen molar-refractivity contribution in [1.82, 2.24) is 20.1 Å². The Balaban J connectivity index is 2.06. The molecule has 1 aliphatic heterocycles. The van der Waals surface area contributed by atoms with Crippen molar-refractivity contribution < 1.29 is 0 Å². The van der Waals surface area contributed by atoms with E-state index in [2.05, 4.69) is 27.1 Å².